The quantitative estimate of drug-likeness (QED) is 0.759. The van der Waals surface area contributed by atoms with Crippen molar-refractivity contribution in [3.05, 3.63) is 28.3 Å². The van der Waals surface area contributed by atoms with Crippen molar-refractivity contribution in [2.75, 3.05) is 0 Å². The van der Waals surface area contributed by atoms with Gasteiger partial charge in [-0.05, 0) is 55.4 Å². The van der Waals surface area contributed by atoms with E-state index in [0.29, 0.717) is 12.2 Å². The Morgan fingerprint density at radius 1 is 1.33 bits per heavy atom. The Balaban J connectivity index is 2.59. The van der Waals surface area contributed by atoms with Crippen LogP contribution in [0.5, 0.6) is 5.75 Å². The number of nitrogens with zero attached hydrogens (tertiary/aromatic N) is 1. The first-order valence-corrected chi connectivity index (χ1v) is 5.44. The van der Waals surface area contributed by atoms with Crippen LogP contribution in [-0.4, -0.2) is 5.11 Å². The Morgan fingerprint density at radius 3 is 2.67 bits per heavy atom. The fourth-order valence-corrected chi connectivity index (χ4v) is 2.48. The molecule has 0 spiro atoms. The minimum Gasteiger partial charge on any atom is -0.508 e. The van der Waals surface area contributed by atoms with Gasteiger partial charge in [-0.15, -0.1) is 0 Å². The van der Waals surface area contributed by atoms with Gasteiger partial charge < -0.3 is 5.11 Å². The molecule has 2 heteroatoms. The maximum absolute atomic E-state index is 9.83. The number of nitriles is 1. The zero-order valence-corrected chi connectivity index (χ0v) is 9.01. The van der Waals surface area contributed by atoms with E-state index >= 15 is 0 Å². The monoisotopic (exact) mass is 201 g/mol. The average molecular weight is 201 g/mol. The van der Waals surface area contributed by atoms with Gasteiger partial charge in [0.2, 0.25) is 0 Å². The highest BCUT2D eigenvalue weighted by Gasteiger charge is 2.18. The molecule has 1 aromatic carbocycles. The zero-order valence-electron chi connectivity index (χ0n) is 9.01. The van der Waals surface area contributed by atoms with Gasteiger partial charge in [0.15, 0.2) is 0 Å². The lowest BCUT2D eigenvalue weighted by Crippen LogP contribution is -2.08. The van der Waals surface area contributed by atoms with Crippen LogP contribution in [0, 0.1) is 18.3 Å². The topological polar surface area (TPSA) is 44.0 Å². The fourth-order valence-electron chi connectivity index (χ4n) is 2.48. The van der Waals surface area contributed by atoms with E-state index in [2.05, 4.69) is 6.07 Å². The van der Waals surface area contributed by atoms with E-state index < -0.39 is 0 Å². The highest BCUT2D eigenvalue weighted by Crippen LogP contribution is 2.33. The molecule has 2 rings (SSSR count). The van der Waals surface area contributed by atoms with Crippen LogP contribution in [0.1, 0.15) is 35.1 Å². The second kappa shape index (κ2) is 3.94. The SMILES string of the molecule is Cc1cc(O)c(CC#N)c2c1CCCC2. The number of benzene rings is 1. The third-order valence-corrected chi connectivity index (χ3v) is 3.23. The van der Waals surface area contributed by atoms with Crippen molar-refractivity contribution in [3.63, 3.8) is 0 Å². The molecule has 1 N–H and O–H groups in total. The molecule has 0 saturated carbocycles. The predicted octanol–water partition coefficient (Wildman–Crippen LogP) is 2.65. The van der Waals surface area contributed by atoms with Gasteiger partial charge >= 0.3 is 0 Å². The molecule has 0 aliphatic heterocycles. The molecule has 0 radical (unpaired) electrons. The number of aromatic hydroxyl groups is 1. The van der Waals surface area contributed by atoms with Crippen LogP contribution in [0.15, 0.2) is 6.07 Å². The van der Waals surface area contributed by atoms with E-state index in [9.17, 15) is 5.11 Å². The van der Waals surface area contributed by atoms with Crippen molar-refractivity contribution in [2.45, 2.75) is 39.0 Å². The van der Waals surface area contributed by atoms with Crippen LogP contribution in [0.2, 0.25) is 0 Å². The summed E-state index contributed by atoms with van der Waals surface area (Å²) >= 11 is 0. The summed E-state index contributed by atoms with van der Waals surface area (Å²) in [6.45, 7) is 2.04. The molecule has 78 valence electrons. The third kappa shape index (κ3) is 1.70. The molecule has 1 aromatic rings. The van der Waals surface area contributed by atoms with Crippen molar-refractivity contribution in [3.8, 4) is 11.8 Å². The molecular formula is C13H15NO. The Morgan fingerprint density at radius 2 is 2.00 bits per heavy atom. The first-order valence-electron chi connectivity index (χ1n) is 5.44. The van der Waals surface area contributed by atoms with Gasteiger partial charge in [-0.1, -0.05) is 0 Å². The number of rotatable bonds is 1. The van der Waals surface area contributed by atoms with Crippen LogP contribution in [0.25, 0.3) is 0 Å². The molecule has 0 amide bonds. The summed E-state index contributed by atoms with van der Waals surface area (Å²) in [5, 5.41) is 18.6. The lowest BCUT2D eigenvalue weighted by Gasteiger charge is -2.21. The molecule has 0 aromatic heterocycles. The second-order valence-electron chi connectivity index (χ2n) is 4.19. The Kier molecular flexibility index (Phi) is 2.64. The number of phenols is 1. The molecule has 0 saturated heterocycles. The van der Waals surface area contributed by atoms with Gasteiger partial charge in [0.25, 0.3) is 0 Å². The average Bonchev–Trinajstić information content (AvgIpc) is 2.24. The highest BCUT2D eigenvalue weighted by atomic mass is 16.3. The summed E-state index contributed by atoms with van der Waals surface area (Å²) in [7, 11) is 0. The molecule has 1 aliphatic carbocycles. The van der Waals surface area contributed by atoms with Crippen LogP contribution in [0.3, 0.4) is 0 Å². The lowest BCUT2D eigenvalue weighted by atomic mass is 9.84. The van der Waals surface area contributed by atoms with Crippen LogP contribution in [-0.2, 0) is 19.3 Å². The van der Waals surface area contributed by atoms with E-state index in [-0.39, 0.29) is 0 Å². The maximum Gasteiger partial charge on any atom is 0.120 e. The van der Waals surface area contributed by atoms with E-state index in [1.54, 1.807) is 6.07 Å². The molecular weight excluding hydrogens is 186 g/mol. The molecule has 0 heterocycles. The van der Waals surface area contributed by atoms with Crippen molar-refractivity contribution < 1.29 is 5.11 Å². The number of phenolic OH excluding ortho intramolecular Hbond substituents is 1. The van der Waals surface area contributed by atoms with Crippen LogP contribution >= 0.6 is 0 Å². The normalized spacial score (nSPS) is 14.4. The summed E-state index contributed by atoms with van der Waals surface area (Å²) in [6.07, 6.45) is 4.84. The van der Waals surface area contributed by atoms with Crippen molar-refractivity contribution in [2.24, 2.45) is 0 Å². The Bertz CT molecular complexity index is 429. The predicted molar refractivity (Wildman–Crippen MR) is 58.8 cm³/mol. The number of hydrogen-bond donors (Lipinski definition) is 1. The number of fused-ring (bicyclic) bond motifs is 1. The molecule has 0 unspecified atom stereocenters. The maximum atomic E-state index is 9.83. The summed E-state index contributed by atoms with van der Waals surface area (Å²) in [6, 6.07) is 3.94. The summed E-state index contributed by atoms with van der Waals surface area (Å²) in [4.78, 5) is 0. The summed E-state index contributed by atoms with van der Waals surface area (Å²) in [5.41, 5.74) is 4.63. The van der Waals surface area contributed by atoms with E-state index in [1.807, 2.05) is 6.92 Å². The van der Waals surface area contributed by atoms with Gasteiger partial charge in [-0.3, -0.25) is 0 Å². The largest absolute Gasteiger partial charge is 0.508 e. The van der Waals surface area contributed by atoms with E-state index in [1.165, 1.54) is 29.5 Å². The fraction of sp³-hybridized carbons (Fsp3) is 0.462. The summed E-state index contributed by atoms with van der Waals surface area (Å²) in [5.74, 6) is 0.301. The molecule has 15 heavy (non-hydrogen) atoms. The minimum absolute atomic E-state index is 0.301. The Labute approximate surface area is 90.2 Å². The minimum atomic E-state index is 0.301. The van der Waals surface area contributed by atoms with Gasteiger partial charge in [-0.2, -0.15) is 5.26 Å². The highest BCUT2D eigenvalue weighted by molar-refractivity contribution is 5.50. The lowest BCUT2D eigenvalue weighted by molar-refractivity contribution is 0.466. The van der Waals surface area contributed by atoms with Gasteiger partial charge in [0.05, 0.1) is 12.5 Å². The molecule has 0 atom stereocenters. The van der Waals surface area contributed by atoms with Crippen molar-refractivity contribution >= 4 is 0 Å². The van der Waals surface area contributed by atoms with Crippen LogP contribution < -0.4 is 0 Å². The zero-order chi connectivity index (χ0) is 10.8. The van der Waals surface area contributed by atoms with Gasteiger partial charge in [0, 0.05) is 5.56 Å². The van der Waals surface area contributed by atoms with E-state index in [0.717, 1.165) is 18.4 Å². The number of hydrogen-bond acceptors (Lipinski definition) is 2. The first kappa shape index (κ1) is 10.0. The smallest absolute Gasteiger partial charge is 0.120 e. The van der Waals surface area contributed by atoms with E-state index in [4.69, 9.17) is 5.26 Å². The standard InChI is InChI=1S/C13H15NO/c1-9-8-13(15)12(6-7-14)11-5-3-2-4-10(9)11/h8,15H,2-6H2,1H3. The second-order valence-corrected chi connectivity index (χ2v) is 4.19. The third-order valence-electron chi connectivity index (χ3n) is 3.23. The van der Waals surface area contributed by atoms with Crippen LogP contribution in [0.4, 0.5) is 0 Å². The molecule has 0 bridgehead atoms. The van der Waals surface area contributed by atoms with Gasteiger partial charge in [-0.25, -0.2) is 0 Å². The van der Waals surface area contributed by atoms with Gasteiger partial charge in [0.1, 0.15) is 5.75 Å². The van der Waals surface area contributed by atoms with Crippen molar-refractivity contribution in [1.29, 1.82) is 5.26 Å². The summed E-state index contributed by atoms with van der Waals surface area (Å²) < 4.78 is 0. The molecule has 2 nitrogen and oxygen atoms in total. The first-order chi connectivity index (χ1) is 7.24. The number of aryl methyl sites for hydroxylation is 1. The molecule has 0 fully saturated rings. The molecule has 1 aliphatic rings. The van der Waals surface area contributed by atoms with Crippen molar-refractivity contribution in [1.82, 2.24) is 0 Å². The Hall–Kier alpha value is -1.49.